The van der Waals surface area contributed by atoms with E-state index in [1.807, 2.05) is 0 Å². The molecular formula is C28H28N2O7S. The van der Waals surface area contributed by atoms with Crippen LogP contribution in [0.3, 0.4) is 0 Å². The highest BCUT2D eigenvalue weighted by Crippen LogP contribution is 2.44. The highest BCUT2D eigenvalue weighted by Gasteiger charge is 2.48. The highest BCUT2D eigenvalue weighted by molar-refractivity contribution is 7.17. The first-order valence-corrected chi connectivity index (χ1v) is 12.9. The molecule has 1 unspecified atom stereocenters. The topological polar surface area (TPSA) is 115 Å². The number of nitrogens with zero attached hydrogens (tertiary/aromatic N) is 2. The number of carbonyl (C=O) groups is 3. The van der Waals surface area contributed by atoms with Crippen molar-refractivity contribution in [3.05, 3.63) is 75.8 Å². The zero-order valence-corrected chi connectivity index (χ0v) is 22.3. The molecule has 2 heterocycles. The van der Waals surface area contributed by atoms with Crippen LogP contribution < -0.4 is 14.4 Å². The van der Waals surface area contributed by atoms with Crippen LogP contribution in [0.1, 0.15) is 52.3 Å². The van der Waals surface area contributed by atoms with E-state index in [1.54, 1.807) is 55.5 Å². The molecule has 10 heteroatoms. The Morgan fingerprint density at radius 3 is 2.32 bits per heavy atom. The summed E-state index contributed by atoms with van der Waals surface area (Å²) >= 11 is 0.944. The van der Waals surface area contributed by atoms with Gasteiger partial charge in [-0.2, -0.15) is 0 Å². The molecule has 0 aliphatic carbocycles. The highest BCUT2D eigenvalue weighted by atomic mass is 32.1. The summed E-state index contributed by atoms with van der Waals surface area (Å²) in [7, 11) is 2.79. The van der Waals surface area contributed by atoms with E-state index >= 15 is 0 Å². The predicted molar refractivity (Wildman–Crippen MR) is 143 cm³/mol. The average Bonchev–Trinajstić information content (AvgIpc) is 3.44. The Balaban J connectivity index is 1.82. The minimum absolute atomic E-state index is 0.0905. The molecule has 3 aromatic rings. The van der Waals surface area contributed by atoms with Crippen LogP contribution in [0.2, 0.25) is 0 Å². The first-order chi connectivity index (χ1) is 18.3. The number of thiazole rings is 1. The van der Waals surface area contributed by atoms with Gasteiger partial charge in [0.2, 0.25) is 0 Å². The number of ether oxygens (including phenoxy) is 3. The number of hydrogen-bond donors (Lipinski definition) is 1. The third-order valence-corrected chi connectivity index (χ3v) is 7.27. The van der Waals surface area contributed by atoms with Crippen molar-refractivity contribution in [1.82, 2.24) is 4.98 Å². The van der Waals surface area contributed by atoms with Gasteiger partial charge >= 0.3 is 11.9 Å². The molecule has 1 amide bonds. The SMILES string of the molecule is CCCCOc1ccc(/C(O)=C2\C(=O)C(=O)N(c3nc(C)c(C(=O)OC)s3)C2c2ccc(OC)cc2)cc1. The summed E-state index contributed by atoms with van der Waals surface area (Å²) in [6.07, 6.45) is 1.92. The van der Waals surface area contributed by atoms with Crippen molar-refractivity contribution in [1.29, 1.82) is 0 Å². The zero-order valence-electron chi connectivity index (χ0n) is 21.5. The number of carbonyl (C=O) groups excluding carboxylic acids is 3. The number of aliphatic hydroxyl groups is 1. The van der Waals surface area contributed by atoms with Crippen molar-refractivity contribution in [2.75, 3.05) is 25.7 Å². The second kappa shape index (κ2) is 11.5. The van der Waals surface area contributed by atoms with Crippen LogP contribution in [0, 0.1) is 6.92 Å². The van der Waals surface area contributed by atoms with Gasteiger partial charge in [-0.25, -0.2) is 9.78 Å². The standard InChI is InChI=1S/C28H28N2O7S/c1-5-6-15-37-20-13-9-18(10-14-20)23(31)21-22(17-7-11-19(35-3)12-8-17)30(26(33)24(21)32)28-29-16(2)25(38-28)27(34)36-4/h7-14,22,31H,5-6,15H2,1-4H3/b23-21+. The zero-order chi connectivity index (χ0) is 27.4. The van der Waals surface area contributed by atoms with E-state index in [2.05, 4.69) is 11.9 Å². The summed E-state index contributed by atoms with van der Waals surface area (Å²) in [4.78, 5) is 44.7. The number of rotatable bonds is 9. The second-order valence-electron chi connectivity index (χ2n) is 8.57. The molecule has 0 bridgehead atoms. The monoisotopic (exact) mass is 536 g/mol. The molecule has 2 aromatic carbocycles. The van der Waals surface area contributed by atoms with E-state index in [4.69, 9.17) is 14.2 Å². The summed E-state index contributed by atoms with van der Waals surface area (Å²) < 4.78 is 15.8. The van der Waals surface area contributed by atoms with Crippen LogP contribution in [0.15, 0.2) is 54.1 Å². The summed E-state index contributed by atoms with van der Waals surface area (Å²) in [6.45, 7) is 4.27. The van der Waals surface area contributed by atoms with E-state index in [1.165, 1.54) is 19.1 Å². The van der Waals surface area contributed by atoms with Crippen LogP contribution >= 0.6 is 11.3 Å². The van der Waals surface area contributed by atoms with Gasteiger partial charge < -0.3 is 19.3 Å². The Kier molecular flexibility index (Phi) is 8.11. The third kappa shape index (κ3) is 5.12. The smallest absolute Gasteiger partial charge is 0.350 e. The van der Waals surface area contributed by atoms with Gasteiger partial charge in [-0.15, -0.1) is 0 Å². The second-order valence-corrected chi connectivity index (χ2v) is 9.55. The minimum Gasteiger partial charge on any atom is -0.507 e. The summed E-state index contributed by atoms with van der Waals surface area (Å²) in [5.41, 5.74) is 1.19. The molecule has 38 heavy (non-hydrogen) atoms. The number of anilines is 1. The average molecular weight is 537 g/mol. The Labute approximate surface area is 224 Å². The first kappa shape index (κ1) is 26.9. The largest absolute Gasteiger partial charge is 0.507 e. The van der Waals surface area contributed by atoms with Gasteiger partial charge in [0.15, 0.2) is 5.13 Å². The number of ketones is 1. The number of Topliss-reactive ketones (excluding diaryl/α,β-unsaturated/α-hetero) is 1. The molecule has 1 N–H and O–H groups in total. The van der Waals surface area contributed by atoms with Crippen molar-refractivity contribution in [2.24, 2.45) is 0 Å². The fourth-order valence-corrected chi connectivity index (χ4v) is 5.11. The molecule has 198 valence electrons. The number of esters is 1. The quantitative estimate of drug-likeness (QED) is 0.133. The molecule has 1 aliphatic heterocycles. The maximum Gasteiger partial charge on any atom is 0.350 e. The van der Waals surface area contributed by atoms with Crippen LogP contribution in [0.4, 0.5) is 5.13 Å². The van der Waals surface area contributed by atoms with Gasteiger partial charge in [-0.05, 0) is 55.3 Å². The fourth-order valence-electron chi connectivity index (χ4n) is 4.10. The lowest BCUT2D eigenvalue weighted by Crippen LogP contribution is -2.29. The van der Waals surface area contributed by atoms with Crippen molar-refractivity contribution in [3.63, 3.8) is 0 Å². The minimum atomic E-state index is -0.988. The van der Waals surface area contributed by atoms with E-state index in [0.717, 1.165) is 24.2 Å². The summed E-state index contributed by atoms with van der Waals surface area (Å²) in [6, 6.07) is 12.5. The first-order valence-electron chi connectivity index (χ1n) is 12.0. The summed E-state index contributed by atoms with van der Waals surface area (Å²) in [5, 5.41) is 11.5. The molecule has 0 spiro atoms. The van der Waals surface area contributed by atoms with Gasteiger partial charge in [0, 0.05) is 5.56 Å². The lowest BCUT2D eigenvalue weighted by Gasteiger charge is -2.23. The van der Waals surface area contributed by atoms with Crippen molar-refractivity contribution in [3.8, 4) is 11.5 Å². The van der Waals surface area contributed by atoms with E-state index in [9.17, 15) is 19.5 Å². The number of benzene rings is 2. The number of methoxy groups -OCH3 is 2. The number of aryl methyl sites for hydroxylation is 1. The van der Waals surface area contributed by atoms with E-state index in [0.29, 0.717) is 34.9 Å². The molecule has 1 aliphatic rings. The number of hydrogen-bond acceptors (Lipinski definition) is 9. The third-order valence-electron chi connectivity index (χ3n) is 6.13. The van der Waals surface area contributed by atoms with Gasteiger partial charge in [0.05, 0.1) is 38.1 Å². The molecule has 0 saturated carbocycles. The Bertz CT molecular complexity index is 1380. The van der Waals surface area contributed by atoms with Crippen LogP contribution in [0.25, 0.3) is 5.76 Å². The van der Waals surface area contributed by atoms with Crippen molar-refractivity contribution >= 4 is 39.9 Å². The number of aromatic nitrogens is 1. The summed E-state index contributed by atoms with van der Waals surface area (Å²) in [5.74, 6) is -1.42. The van der Waals surface area contributed by atoms with Gasteiger partial charge in [0.25, 0.3) is 5.78 Å². The Morgan fingerprint density at radius 2 is 1.71 bits per heavy atom. The van der Waals surface area contributed by atoms with Gasteiger partial charge in [-0.1, -0.05) is 36.8 Å². The Morgan fingerprint density at radius 1 is 1.05 bits per heavy atom. The van der Waals surface area contributed by atoms with Crippen LogP contribution in [0.5, 0.6) is 11.5 Å². The van der Waals surface area contributed by atoms with Crippen LogP contribution in [-0.4, -0.2) is 48.6 Å². The number of unbranched alkanes of at least 4 members (excludes halogenated alkanes) is 1. The molecule has 1 atom stereocenters. The molecule has 4 rings (SSSR count). The predicted octanol–water partition coefficient (Wildman–Crippen LogP) is 5.05. The van der Waals surface area contributed by atoms with Gasteiger partial charge in [-0.3, -0.25) is 14.5 Å². The normalized spacial score (nSPS) is 16.5. The molecule has 1 aromatic heterocycles. The number of aliphatic hydroxyl groups excluding tert-OH is 1. The maximum atomic E-state index is 13.4. The molecule has 9 nitrogen and oxygen atoms in total. The lowest BCUT2D eigenvalue weighted by molar-refractivity contribution is -0.132. The van der Waals surface area contributed by atoms with E-state index < -0.39 is 23.7 Å². The molecular weight excluding hydrogens is 508 g/mol. The molecule has 0 radical (unpaired) electrons. The molecule has 1 fully saturated rings. The molecule has 1 saturated heterocycles. The maximum absolute atomic E-state index is 13.4. The van der Waals surface area contributed by atoms with Crippen molar-refractivity contribution in [2.45, 2.75) is 32.7 Å². The number of amides is 1. The van der Waals surface area contributed by atoms with E-state index in [-0.39, 0.29) is 21.3 Å². The lowest BCUT2D eigenvalue weighted by atomic mass is 9.95. The fraction of sp³-hybridized carbons (Fsp3) is 0.286. The van der Waals surface area contributed by atoms with Crippen molar-refractivity contribution < 1.29 is 33.7 Å². The Hall–Kier alpha value is -4.18. The van der Waals surface area contributed by atoms with Gasteiger partial charge in [0.1, 0.15) is 22.1 Å². The van der Waals surface area contributed by atoms with Crippen LogP contribution in [-0.2, 0) is 14.3 Å².